The second-order valence-electron chi connectivity index (χ2n) is 6.29. The van der Waals surface area contributed by atoms with E-state index in [9.17, 15) is 9.59 Å². The van der Waals surface area contributed by atoms with Gasteiger partial charge >= 0.3 is 11.7 Å². The number of nitrogens with one attached hydrogen (secondary N) is 1. The molecule has 0 bridgehead atoms. The monoisotopic (exact) mass is 372 g/mol. The number of benzene rings is 1. The van der Waals surface area contributed by atoms with Gasteiger partial charge in [0.1, 0.15) is 22.9 Å². The molecule has 0 radical (unpaired) electrons. The molecule has 136 valence electrons. The minimum atomic E-state index is -0.597. The maximum absolute atomic E-state index is 12.3. The number of hydrogen-bond donors (Lipinski definition) is 1. The molecular formula is C19H20N2O4S. The Balaban J connectivity index is 1.70. The van der Waals surface area contributed by atoms with Crippen LogP contribution in [-0.2, 0) is 11.3 Å². The first-order valence-corrected chi connectivity index (χ1v) is 9.23. The fraction of sp³-hybridized carbons (Fsp3) is 0.316. The average molecular weight is 372 g/mol. The molecule has 26 heavy (non-hydrogen) atoms. The number of ether oxygens (including phenoxy) is 1. The van der Waals surface area contributed by atoms with Gasteiger partial charge in [0.05, 0.1) is 0 Å². The minimum absolute atomic E-state index is 0.163. The first-order valence-electron chi connectivity index (χ1n) is 8.35. The lowest BCUT2D eigenvalue weighted by molar-refractivity contribution is 0.134. The van der Waals surface area contributed by atoms with Gasteiger partial charge in [-0.3, -0.25) is 0 Å². The van der Waals surface area contributed by atoms with E-state index in [0.29, 0.717) is 10.2 Å². The summed E-state index contributed by atoms with van der Waals surface area (Å²) < 4.78 is 10.5. The highest BCUT2D eigenvalue weighted by Crippen LogP contribution is 2.28. The zero-order valence-corrected chi connectivity index (χ0v) is 15.6. The molecule has 1 aromatic carbocycles. The van der Waals surface area contributed by atoms with Crippen LogP contribution < -0.4 is 10.9 Å². The number of amides is 1. The van der Waals surface area contributed by atoms with Crippen molar-refractivity contribution in [2.45, 2.75) is 39.3 Å². The third kappa shape index (κ3) is 3.94. The van der Waals surface area contributed by atoms with Gasteiger partial charge in [0.15, 0.2) is 0 Å². The summed E-state index contributed by atoms with van der Waals surface area (Å²) in [5.74, 6) is 0.374. The Morgan fingerprint density at radius 1 is 1.27 bits per heavy atom. The number of fused-ring (bicyclic) bond motifs is 1. The van der Waals surface area contributed by atoms with Gasteiger partial charge in [0.2, 0.25) is 5.89 Å². The molecule has 0 saturated carbocycles. The molecule has 3 rings (SSSR count). The van der Waals surface area contributed by atoms with Crippen molar-refractivity contribution in [1.82, 2.24) is 10.3 Å². The molecule has 1 amide bonds. The van der Waals surface area contributed by atoms with E-state index < -0.39 is 17.8 Å². The topological polar surface area (TPSA) is 81.4 Å². The van der Waals surface area contributed by atoms with E-state index in [-0.39, 0.29) is 18.4 Å². The Kier molecular flexibility index (Phi) is 5.37. The standard InChI is InChI=1S/C19H20N2O4S/c1-11(2)14-10-26-17-15(14)18(22)25-16(21-17)12(3)20-19(23)24-9-13-7-5-4-6-8-13/h4-8,10-12H,9H2,1-3H3,(H,20,23)/t12-/m0/s1. The molecule has 0 saturated heterocycles. The van der Waals surface area contributed by atoms with Gasteiger partial charge in [-0.1, -0.05) is 44.2 Å². The summed E-state index contributed by atoms with van der Waals surface area (Å²) in [4.78, 5) is 29.3. The van der Waals surface area contributed by atoms with Crippen LogP contribution in [0.15, 0.2) is 44.9 Å². The van der Waals surface area contributed by atoms with Crippen LogP contribution in [0.5, 0.6) is 0 Å². The maximum atomic E-state index is 12.3. The van der Waals surface area contributed by atoms with Gasteiger partial charge in [-0.15, -0.1) is 11.3 Å². The molecule has 0 fully saturated rings. The Labute approximate surface area is 154 Å². The number of hydrogen-bond acceptors (Lipinski definition) is 6. The first-order chi connectivity index (χ1) is 12.5. The van der Waals surface area contributed by atoms with Crippen LogP contribution in [0.1, 0.15) is 49.7 Å². The van der Waals surface area contributed by atoms with Crippen molar-refractivity contribution in [3.8, 4) is 0 Å². The zero-order valence-electron chi connectivity index (χ0n) is 14.8. The predicted molar refractivity (Wildman–Crippen MR) is 100 cm³/mol. The predicted octanol–water partition coefficient (Wildman–Crippen LogP) is 4.36. The lowest BCUT2D eigenvalue weighted by atomic mass is 10.1. The summed E-state index contributed by atoms with van der Waals surface area (Å²) >= 11 is 1.40. The van der Waals surface area contributed by atoms with E-state index in [1.54, 1.807) is 6.92 Å². The normalized spacial score (nSPS) is 12.3. The molecule has 6 nitrogen and oxygen atoms in total. The number of carbonyl (C=O) groups is 1. The molecule has 1 N–H and O–H groups in total. The summed E-state index contributed by atoms with van der Waals surface area (Å²) in [6.45, 7) is 5.89. The van der Waals surface area contributed by atoms with Crippen molar-refractivity contribution in [2.24, 2.45) is 0 Å². The molecule has 0 unspecified atom stereocenters. The molecule has 7 heteroatoms. The summed E-state index contributed by atoms with van der Waals surface area (Å²) in [5, 5.41) is 5.08. The molecule has 0 aliphatic heterocycles. The molecule has 2 aromatic heterocycles. The van der Waals surface area contributed by atoms with Gasteiger partial charge in [-0.25, -0.2) is 14.6 Å². The Morgan fingerprint density at radius 3 is 2.69 bits per heavy atom. The summed E-state index contributed by atoms with van der Waals surface area (Å²) in [6.07, 6.45) is -0.597. The molecule has 2 heterocycles. The molecule has 0 spiro atoms. The Hall–Kier alpha value is -2.67. The smallest absolute Gasteiger partial charge is 0.408 e. The van der Waals surface area contributed by atoms with Crippen molar-refractivity contribution >= 4 is 27.6 Å². The quantitative estimate of drug-likeness (QED) is 0.720. The van der Waals surface area contributed by atoms with Crippen LogP contribution in [0, 0.1) is 0 Å². The first kappa shape index (κ1) is 18.1. The average Bonchev–Trinajstić information content (AvgIpc) is 3.06. The van der Waals surface area contributed by atoms with E-state index in [2.05, 4.69) is 10.3 Å². The molecular weight excluding hydrogens is 352 g/mol. The van der Waals surface area contributed by atoms with Gasteiger partial charge in [-0.05, 0) is 29.3 Å². The van der Waals surface area contributed by atoms with Gasteiger partial charge < -0.3 is 14.5 Å². The Bertz CT molecular complexity index is 963. The number of alkyl carbamates (subject to hydrolysis) is 1. The van der Waals surface area contributed by atoms with E-state index in [1.807, 2.05) is 49.6 Å². The SMILES string of the molecule is CC(C)c1csc2nc([C@H](C)NC(=O)OCc3ccccc3)oc(=O)c12. The van der Waals surface area contributed by atoms with Gasteiger partial charge in [0.25, 0.3) is 0 Å². The van der Waals surface area contributed by atoms with Crippen LogP contribution in [0.3, 0.4) is 0 Å². The molecule has 0 aliphatic rings. The fourth-order valence-corrected chi connectivity index (χ4v) is 3.62. The highest BCUT2D eigenvalue weighted by Gasteiger charge is 2.19. The lowest BCUT2D eigenvalue weighted by Gasteiger charge is -2.12. The van der Waals surface area contributed by atoms with Crippen LogP contribution in [0.4, 0.5) is 4.79 Å². The lowest BCUT2D eigenvalue weighted by Crippen LogP contribution is -2.28. The van der Waals surface area contributed by atoms with E-state index in [1.165, 1.54) is 11.3 Å². The van der Waals surface area contributed by atoms with Crippen LogP contribution in [0.2, 0.25) is 0 Å². The summed E-state index contributed by atoms with van der Waals surface area (Å²) in [7, 11) is 0. The van der Waals surface area contributed by atoms with E-state index >= 15 is 0 Å². The van der Waals surface area contributed by atoms with Gasteiger partial charge in [0, 0.05) is 0 Å². The molecule has 3 aromatic rings. The number of carbonyl (C=O) groups excluding carboxylic acids is 1. The second-order valence-corrected chi connectivity index (χ2v) is 7.15. The number of nitrogens with zero attached hydrogens (tertiary/aromatic N) is 1. The molecule has 1 atom stereocenters. The van der Waals surface area contributed by atoms with Gasteiger partial charge in [-0.2, -0.15) is 0 Å². The maximum Gasteiger partial charge on any atom is 0.408 e. The highest BCUT2D eigenvalue weighted by molar-refractivity contribution is 7.16. The number of rotatable bonds is 5. The number of aromatic nitrogens is 1. The summed E-state index contributed by atoms with van der Waals surface area (Å²) in [6, 6.07) is 8.80. The van der Waals surface area contributed by atoms with Crippen molar-refractivity contribution in [2.75, 3.05) is 0 Å². The van der Waals surface area contributed by atoms with Crippen molar-refractivity contribution in [3.05, 3.63) is 63.1 Å². The van der Waals surface area contributed by atoms with Crippen LogP contribution in [0.25, 0.3) is 10.2 Å². The van der Waals surface area contributed by atoms with Crippen LogP contribution >= 0.6 is 11.3 Å². The van der Waals surface area contributed by atoms with E-state index in [4.69, 9.17) is 9.15 Å². The largest absolute Gasteiger partial charge is 0.445 e. The molecule has 0 aliphatic carbocycles. The number of thiophene rings is 1. The van der Waals surface area contributed by atoms with Crippen molar-refractivity contribution < 1.29 is 13.9 Å². The minimum Gasteiger partial charge on any atom is -0.445 e. The van der Waals surface area contributed by atoms with E-state index in [0.717, 1.165) is 11.1 Å². The Morgan fingerprint density at radius 2 is 2.00 bits per heavy atom. The highest BCUT2D eigenvalue weighted by atomic mass is 32.1. The third-order valence-electron chi connectivity index (χ3n) is 3.95. The van der Waals surface area contributed by atoms with Crippen molar-refractivity contribution in [3.63, 3.8) is 0 Å². The third-order valence-corrected chi connectivity index (χ3v) is 4.84. The zero-order chi connectivity index (χ0) is 18.7. The van der Waals surface area contributed by atoms with Crippen molar-refractivity contribution in [1.29, 1.82) is 0 Å². The van der Waals surface area contributed by atoms with Crippen LogP contribution in [-0.4, -0.2) is 11.1 Å². The second kappa shape index (κ2) is 7.70. The summed E-state index contributed by atoms with van der Waals surface area (Å²) in [5.41, 5.74) is 1.39. The fourth-order valence-electron chi connectivity index (χ4n) is 2.53.